The zero-order valence-corrected chi connectivity index (χ0v) is 7.87. The number of hydrogen-bond donors (Lipinski definition) is 0. The van der Waals surface area contributed by atoms with Crippen molar-refractivity contribution in [3.05, 3.63) is 23.7 Å². The number of carbonyl (C=O) groups is 1. The van der Waals surface area contributed by atoms with Crippen molar-refractivity contribution in [1.29, 1.82) is 0 Å². The first-order chi connectivity index (χ1) is 6.19. The molecule has 1 heterocycles. The molecule has 0 aliphatic carbocycles. The lowest BCUT2D eigenvalue weighted by Gasteiger charge is -2.09. The van der Waals surface area contributed by atoms with Crippen molar-refractivity contribution in [2.24, 2.45) is 0 Å². The standard InChI is InChI=1S/C9H12O4/c1-6-4-5-7(13-6)8(10)9(11-2)12-3/h4-5,9H,1-3H3. The largest absolute Gasteiger partial charge is 0.458 e. The fourth-order valence-corrected chi connectivity index (χ4v) is 0.993. The van der Waals surface area contributed by atoms with Crippen molar-refractivity contribution >= 4 is 5.78 Å². The lowest BCUT2D eigenvalue weighted by molar-refractivity contribution is -0.0753. The summed E-state index contributed by atoms with van der Waals surface area (Å²) in [5.74, 6) is 0.638. The zero-order chi connectivity index (χ0) is 9.84. The highest BCUT2D eigenvalue weighted by Crippen LogP contribution is 2.10. The van der Waals surface area contributed by atoms with Gasteiger partial charge in [-0.15, -0.1) is 0 Å². The summed E-state index contributed by atoms with van der Waals surface area (Å²) in [6.45, 7) is 1.77. The van der Waals surface area contributed by atoms with E-state index in [2.05, 4.69) is 0 Å². The molecular formula is C9H12O4. The van der Waals surface area contributed by atoms with Crippen LogP contribution in [0, 0.1) is 6.92 Å². The predicted molar refractivity (Wildman–Crippen MR) is 45.6 cm³/mol. The Balaban J connectivity index is 2.78. The molecule has 0 aromatic carbocycles. The van der Waals surface area contributed by atoms with Crippen LogP contribution in [0.25, 0.3) is 0 Å². The van der Waals surface area contributed by atoms with Crippen LogP contribution in [0.2, 0.25) is 0 Å². The van der Waals surface area contributed by atoms with E-state index in [1.807, 2.05) is 0 Å². The Bertz CT molecular complexity index is 286. The molecule has 0 N–H and O–H groups in total. The van der Waals surface area contributed by atoms with E-state index >= 15 is 0 Å². The summed E-state index contributed by atoms with van der Waals surface area (Å²) in [7, 11) is 2.81. The number of methoxy groups -OCH3 is 2. The summed E-state index contributed by atoms with van der Waals surface area (Å²) < 4.78 is 14.7. The molecule has 1 aromatic rings. The first-order valence-corrected chi connectivity index (χ1v) is 3.85. The monoisotopic (exact) mass is 184 g/mol. The molecule has 72 valence electrons. The minimum absolute atomic E-state index is 0.256. The van der Waals surface area contributed by atoms with Gasteiger partial charge in [-0.2, -0.15) is 0 Å². The number of furan rings is 1. The lowest BCUT2D eigenvalue weighted by atomic mass is 10.3. The van der Waals surface area contributed by atoms with Gasteiger partial charge in [0.2, 0.25) is 6.29 Å². The van der Waals surface area contributed by atoms with Crippen LogP contribution in [0.3, 0.4) is 0 Å². The highest BCUT2D eigenvalue weighted by molar-refractivity contribution is 5.96. The summed E-state index contributed by atoms with van der Waals surface area (Å²) in [5, 5.41) is 0. The second kappa shape index (κ2) is 4.20. The van der Waals surface area contributed by atoms with E-state index in [1.54, 1.807) is 19.1 Å². The van der Waals surface area contributed by atoms with Gasteiger partial charge in [0.25, 0.3) is 5.78 Å². The Hall–Kier alpha value is -1.13. The number of Topliss-reactive ketones (excluding diaryl/α,β-unsaturated/α-hetero) is 1. The third-order valence-electron chi connectivity index (χ3n) is 1.63. The van der Waals surface area contributed by atoms with Gasteiger partial charge in [-0.25, -0.2) is 0 Å². The average Bonchev–Trinajstić information content (AvgIpc) is 2.54. The molecule has 0 atom stereocenters. The number of ether oxygens (including phenoxy) is 2. The summed E-state index contributed by atoms with van der Waals surface area (Å²) in [6, 6.07) is 3.32. The Labute approximate surface area is 76.4 Å². The predicted octanol–water partition coefficient (Wildman–Crippen LogP) is 1.39. The topological polar surface area (TPSA) is 48.7 Å². The lowest BCUT2D eigenvalue weighted by Crippen LogP contribution is -2.24. The van der Waals surface area contributed by atoms with Gasteiger partial charge in [0.05, 0.1) is 0 Å². The third-order valence-corrected chi connectivity index (χ3v) is 1.63. The molecule has 0 bridgehead atoms. The van der Waals surface area contributed by atoms with Crippen molar-refractivity contribution in [2.45, 2.75) is 13.2 Å². The van der Waals surface area contributed by atoms with E-state index in [0.29, 0.717) is 5.76 Å². The Morgan fingerprint density at radius 2 is 2.00 bits per heavy atom. The average molecular weight is 184 g/mol. The van der Waals surface area contributed by atoms with Crippen LogP contribution >= 0.6 is 0 Å². The molecule has 13 heavy (non-hydrogen) atoms. The molecule has 0 aliphatic rings. The van der Waals surface area contributed by atoms with Gasteiger partial charge >= 0.3 is 0 Å². The molecule has 0 saturated carbocycles. The summed E-state index contributed by atoms with van der Waals surface area (Å²) in [5.41, 5.74) is 0. The summed E-state index contributed by atoms with van der Waals surface area (Å²) >= 11 is 0. The van der Waals surface area contributed by atoms with Gasteiger partial charge in [-0.3, -0.25) is 4.79 Å². The quantitative estimate of drug-likeness (QED) is 0.524. The van der Waals surface area contributed by atoms with Crippen LogP contribution < -0.4 is 0 Å². The number of carbonyl (C=O) groups excluding carboxylic acids is 1. The second-order valence-electron chi connectivity index (χ2n) is 2.58. The maximum atomic E-state index is 11.5. The van der Waals surface area contributed by atoms with Gasteiger partial charge in [0.1, 0.15) is 5.76 Å². The van der Waals surface area contributed by atoms with Crippen molar-refractivity contribution in [1.82, 2.24) is 0 Å². The van der Waals surface area contributed by atoms with Crippen LogP contribution in [0.1, 0.15) is 16.3 Å². The molecule has 0 amide bonds. The molecule has 1 aromatic heterocycles. The van der Waals surface area contributed by atoms with Crippen molar-refractivity contribution in [3.8, 4) is 0 Å². The molecule has 1 rings (SSSR count). The molecule has 0 saturated heterocycles. The summed E-state index contributed by atoms with van der Waals surface area (Å²) in [4.78, 5) is 11.5. The molecule has 0 aliphatic heterocycles. The Kier molecular flexibility index (Phi) is 3.22. The first kappa shape index (κ1) is 9.95. The highest BCUT2D eigenvalue weighted by atomic mass is 16.7. The first-order valence-electron chi connectivity index (χ1n) is 3.85. The zero-order valence-electron chi connectivity index (χ0n) is 7.87. The normalized spacial score (nSPS) is 10.8. The molecule has 0 unspecified atom stereocenters. The Morgan fingerprint density at radius 1 is 1.38 bits per heavy atom. The number of rotatable bonds is 4. The molecule has 4 heteroatoms. The summed E-state index contributed by atoms with van der Waals surface area (Å²) in [6.07, 6.45) is -0.884. The maximum Gasteiger partial charge on any atom is 0.253 e. The fraction of sp³-hybridized carbons (Fsp3) is 0.444. The van der Waals surface area contributed by atoms with Crippen molar-refractivity contribution in [2.75, 3.05) is 14.2 Å². The Morgan fingerprint density at radius 3 is 2.38 bits per heavy atom. The van der Waals surface area contributed by atoms with Gasteiger partial charge < -0.3 is 13.9 Å². The number of hydrogen-bond acceptors (Lipinski definition) is 4. The smallest absolute Gasteiger partial charge is 0.253 e. The molecule has 0 radical (unpaired) electrons. The maximum absolute atomic E-state index is 11.5. The molecule has 0 spiro atoms. The van der Waals surface area contributed by atoms with Crippen LogP contribution in [-0.4, -0.2) is 26.3 Å². The highest BCUT2D eigenvalue weighted by Gasteiger charge is 2.21. The second-order valence-corrected chi connectivity index (χ2v) is 2.58. The van der Waals surface area contributed by atoms with E-state index < -0.39 is 6.29 Å². The minimum Gasteiger partial charge on any atom is -0.458 e. The van der Waals surface area contributed by atoms with Gasteiger partial charge in [0.15, 0.2) is 5.76 Å². The van der Waals surface area contributed by atoms with Gasteiger partial charge in [-0.05, 0) is 19.1 Å². The molecule has 4 nitrogen and oxygen atoms in total. The molecular weight excluding hydrogens is 172 g/mol. The van der Waals surface area contributed by atoms with E-state index in [4.69, 9.17) is 13.9 Å². The number of aryl methyl sites for hydroxylation is 1. The van der Waals surface area contributed by atoms with Gasteiger partial charge in [-0.1, -0.05) is 0 Å². The van der Waals surface area contributed by atoms with Crippen LogP contribution in [0.4, 0.5) is 0 Å². The minimum atomic E-state index is -0.884. The number of ketones is 1. The van der Waals surface area contributed by atoms with Crippen molar-refractivity contribution < 1.29 is 18.7 Å². The van der Waals surface area contributed by atoms with E-state index in [1.165, 1.54) is 14.2 Å². The molecule has 0 fully saturated rings. The van der Waals surface area contributed by atoms with Gasteiger partial charge in [0, 0.05) is 14.2 Å². The van der Waals surface area contributed by atoms with Crippen LogP contribution in [-0.2, 0) is 9.47 Å². The van der Waals surface area contributed by atoms with Crippen LogP contribution in [0.5, 0.6) is 0 Å². The van der Waals surface area contributed by atoms with E-state index in [9.17, 15) is 4.79 Å². The fourth-order valence-electron chi connectivity index (χ4n) is 0.993. The SMILES string of the molecule is COC(OC)C(=O)c1ccc(C)o1. The van der Waals surface area contributed by atoms with Crippen molar-refractivity contribution in [3.63, 3.8) is 0 Å². The van der Waals surface area contributed by atoms with E-state index in [-0.39, 0.29) is 11.5 Å². The van der Waals surface area contributed by atoms with E-state index in [0.717, 1.165) is 0 Å². The van der Waals surface area contributed by atoms with Crippen LogP contribution in [0.15, 0.2) is 16.5 Å². The third kappa shape index (κ3) is 2.17.